The lowest BCUT2D eigenvalue weighted by molar-refractivity contribution is 0.0821. The minimum Gasteiger partial charge on any atom is -0.447 e. The van der Waals surface area contributed by atoms with Crippen molar-refractivity contribution in [3.8, 4) is 0 Å². The highest BCUT2D eigenvalue weighted by molar-refractivity contribution is 6.04. The van der Waals surface area contributed by atoms with Crippen LogP contribution in [0, 0.1) is 0 Å². The molecule has 0 atom stereocenters. The molecule has 1 aliphatic carbocycles. The van der Waals surface area contributed by atoms with Crippen LogP contribution in [0.25, 0.3) is 0 Å². The maximum Gasteiger partial charge on any atom is 0.277 e. The van der Waals surface area contributed by atoms with Crippen molar-refractivity contribution in [3.63, 3.8) is 0 Å². The van der Waals surface area contributed by atoms with E-state index >= 15 is 0 Å². The van der Waals surface area contributed by atoms with Crippen LogP contribution in [-0.4, -0.2) is 40.8 Å². The number of hydrogen-bond donors (Lipinski definition) is 1. The first-order chi connectivity index (χ1) is 10.6. The Morgan fingerprint density at radius 2 is 2.09 bits per heavy atom. The van der Waals surface area contributed by atoms with Crippen molar-refractivity contribution in [1.82, 2.24) is 14.9 Å². The number of aromatic nitrogens is 2. The van der Waals surface area contributed by atoms with E-state index in [1.54, 1.807) is 20.2 Å². The Kier molecular flexibility index (Phi) is 3.62. The molecule has 0 aromatic carbocycles. The smallest absolute Gasteiger partial charge is 0.277 e. The Morgan fingerprint density at radius 1 is 1.32 bits per heavy atom. The summed E-state index contributed by atoms with van der Waals surface area (Å²) in [7, 11) is 3.29. The van der Waals surface area contributed by atoms with Crippen molar-refractivity contribution in [3.05, 3.63) is 41.9 Å². The van der Waals surface area contributed by atoms with E-state index in [0.29, 0.717) is 23.1 Å². The van der Waals surface area contributed by atoms with Crippen LogP contribution in [0.15, 0.2) is 29.1 Å². The molecule has 2 aromatic rings. The van der Waals surface area contributed by atoms with Crippen molar-refractivity contribution in [2.75, 3.05) is 19.4 Å². The van der Waals surface area contributed by atoms with Gasteiger partial charge in [-0.05, 0) is 25.0 Å². The van der Waals surface area contributed by atoms with Gasteiger partial charge in [0.05, 0.1) is 0 Å². The lowest BCUT2D eigenvalue weighted by Gasteiger charge is -2.10. The molecule has 1 fully saturated rings. The average Bonchev–Trinajstić information content (AvgIpc) is 3.23. The third-order valence-electron chi connectivity index (χ3n) is 3.40. The first-order valence-electron chi connectivity index (χ1n) is 6.98. The Labute approximate surface area is 127 Å². The van der Waals surface area contributed by atoms with Gasteiger partial charge in [0, 0.05) is 31.9 Å². The van der Waals surface area contributed by atoms with E-state index in [1.807, 2.05) is 0 Å². The van der Waals surface area contributed by atoms with E-state index in [1.165, 1.54) is 23.6 Å². The Bertz CT molecular complexity index is 719. The number of pyridine rings is 1. The molecule has 0 bridgehead atoms. The quantitative estimate of drug-likeness (QED) is 0.931. The summed E-state index contributed by atoms with van der Waals surface area (Å²) in [6.45, 7) is 0. The van der Waals surface area contributed by atoms with E-state index in [4.69, 9.17) is 4.42 Å². The Hall–Kier alpha value is -2.70. The predicted molar refractivity (Wildman–Crippen MR) is 78.7 cm³/mol. The van der Waals surface area contributed by atoms with Gasteiger partial charge in [-0.25, -0.2) is 4.98 Å². The third kappa shape index (κ3) is 2.83. The van der Waals surface area contributed by atoms with Gasteiger partial charge in [-0.15, -0.1) is 0 Å². The SMILES string of the molecule is CN(C)C(=O)c1cc(NC(=O)c2ncoc2C2CC2)ccn1. The molecule has 3 rings (SSSR count). The van der Waals surface area contributed by atoms with Crippen molar-refractivity contribution in [1.29, 1.82) is 0 Å². The second kappa shape index (κ2) is 5.59. The molecule has 0 radical (unpaired) electrons. The molecule has 1 aliphatic rings. The highest BCUT2D eigenvalue weighted by Crippen LogP contribution is 2.41. The zero-order chi connectivity index (χ0) is 15.7. The van der Waals surface area contributed by atoms with E-state index in [-0.39, 0.29) is 17.5 Å². The van der Waals surface area contributed by atoms with Crippen LogP contribution in [-0.2, 0) is 0 Å². The molecule has 7 nitrogen and oxygen atoms in total. The molecule has 2 heterocycles. The molecule has 22 heavy (non-hydrogen) atoms. The summed E-state index contributed by atoms with van der Waals surface area (Å²) in [6, 6.07) is 3.17. The minimum absolute atomic E-state index is 0.226. The first-order valence-corrected chi connectivity index (χ1v) is 6.98. The fourth-order valence-corrected chi connectivity index (χ4v) is 2.11. The van der Waals surface area contributed by atoms with Crippen LogP contribution in [0.4, 0.5) is 5.69 Å². The van der Waals surface area contributed by atoms with E-state index in [2.05, 4.69) is 15.3 Å². The number of amides is 2. The third-order valence-corrected chi connectivity index (χ3v) is 3.40. The van der Waals surface area contributed by atoms with Crippen LogP contribution >= 0.6 is 0 Å². The number of nitrogens with zero attached hydrogens (tertiary/aromatic N) is 3. The number of nitrogens with one attached hydrogen (secondary N) is 1. The summed E-state index contributed by atoms with van der Waals surface area (Å²) in [6.07, 6.45) is 4.81. The summed E-state index contributed by atoms with van der Waals surface area (Å²) in [4.78, 5) is 33.6. The highest BCUT2D eigenvalue weighted by Gasteiger charge is 2.32. The lowest BCUT2D eigenvalue weighted by Crippen LogP contribution is -2.23. The van der Waals surface area contributed by atoms with Crippen molar-refractivity contribution >= 4 is 17.5 Å². The fourth-order valence-electron chi connectivity index (χ4n) is 2.11. The van der Waals surface area contributed by atoms with Gasteiger partial charge in [0.15, 0.2) is 12.1 Å². The number of carbonyl (C=O) groups excluding carboxylic acids is 2. The molecule has 0 saturated heterocycles. The number of carbonyl (C=O) groups is 2. The normalized spacial score (nSPS) is 13.7. The molecule has 2 aromatic heterocycles. The van der Waals surface area contributed by atoms with Gasteiger partial charge in [0.2, 0.25) is 0 Å². The molecule has 1 saturated carbocycles. The monoisotopic (exact) mass is 300 g/mol. The molecule has 0 spiro atoms. The fraction of sp³-hybridized carbons (Fsp3) is 0.333. The van der Waals surface area contributed by atoms with Crippen LogP contribution in [0.1, 0.15) is 45.5 Å². The van der Waals surface area contributed by atoms with Crippen LogP contribution in [0.3, 0.4) is 0 Å². The van der Waals surface area contributed by atoms with Gasteiger partial charge in [-0.2, -0.15) is 0 Å². The summed E-state index contributed by atoms with van der Waals surface area (Å²) in [5.74, 6) is 0.365. The van der Waals surface area contributed by atoms with E-state index in [0.717, 1.165) is 12.8 Å². The Balaban J connectivity index is 1.78. The topological polar surface area (TPSA) is 88.3 Å². The number of oxazole rings is 1. The molecule has 0 unspecified atom stereocenters. The summed E-state index contributed by atoms with van der Waals surface area (Å²) in [5, 5.41) is 2.73. The molecule has 2 amide bonds. The van der Waals surface area contributed by atoms with Gasteiger partial charge in [0.25, 0.3) is 11.8 Å². The van der Waals surface area contributed by atoms with Gasteiger partial charge in [-0.3, -0.25) is 14.6 Å². The second-order valence-electron chi connectivity index (χ2n) is 5.42. The standard InChI is InChI=1S/C15H16N4O3/c1-19(2)15(21)11-7-10(5-6-16-11)18-14(20)12-13(9-3-4-9)22-8-17-12/h5-9H,3-4H2,1-2H3,(H,16,18,20). The van der Waals surface area contributed by atoms with E-state index in [9.17, 15) is 9.59 Å². The van der Waals surface area contributed by atoms with Crippen molar-refractivity contribution in [2.24, 2.45) is 0 Å². The zero-order valence-corrected chi connectivity index (χ0v) is 12.4. The predicted octanol–water partition coefficient (Wildman–Crippen LogP) is 1.90. The van der Waals surface area contributed by atoms with Crippen LogP contribution in [0.5, 0.6) is 0 Å². The van der Waals surface area contributed by atoms with E-state index < -0.39 is 0 Å². The zero-order valence-electron chi connectivity index (χ0n) is 12.4. The first kappa shape index (κ1) is 14.2. The average molecular weight is 300 g/mol. The summed E-state index contributed by atoms with van der Waals surface area (Å²) in [5.41, 5.74) is 1.07. The van der Waals surface area contributed by atoms with Crippen LogP contribution in [0.2, 0.25) is 0 Å². The number of rotatable bonds is 4. The van der Waals surface area contributed by atoms with Gasteiger partial charge < -0.3 is 14.6 Å². The molecule has 7 heteroatoms. The number of hydrogen-bond acceptors (Lipinski definition) is 5. The largest absolute Gasteiger partial charge is 0.447 e. The molecule has 0 aliphatic heterocycles. The molecular formula is C15H16N4O3. The minimum atomic E-state index is -0.342. The van der Waals surface area contributed by atoms with Gasteiger partial charge in [0.1, 0.15) is 11.5 Å². The second-order valence-corrected chi connectivity index (χ2v) is 5.42. The van der Waals surface area contributed by atoms with Crippen molar-refractivity contribution < 1.29 is 14.0 Å². The molecule has 114 valence electrons. The summed E-state index contributed by atoms with van der Waals surface area (Å²) >= 11 is 0. The molecule has 1 N–H and O–H groups in total. The van der Waals surface area contributed by atoms with Gasteiger partial charge in [-0.1, -0.05) is 0 Å². The van der Waals surface area contributed by atoms with Gasteiger partial charge >= 0.3 is 0 Å². The maximum atomic E-state index is 12.3. The maximum absolute atomic E-state index is 12.3. The lowest BCUT2D eigenvalue weighted by atomic mass is 10.2. The summed E-state index contributed by atoms with van der Waals surface area (Å²) < 4.78 is 5.30. The van der Waals surface area contributed by atoms with Crippen LogP contribution < -0.4 is 5.32 Å². The Morgan fingerprint density at radius 3 is 2.77 bits per heavy atom. The number of anilines is 1. The van der Waals surface area contributed by atoms with Crippen molar-refractivity contribution in [2.45, 2.75) is 18.8 Å². The highest BCUT2D eigenvalue weighted by atomic mass is 16.3. The molecular weight excluding hydrogens is 284 g/mol.